The third kappa shape index (κ3) is 5.79. The molecule has 26 heavy (non-hydrogen) atoms. The maximum absolute atomic E-state index is 5.91. The first-order valence-corrected chi connectivity index (χ1v) is 9.13. The highest BCUT2D eigenvalue weighted by Crippen LogP contribution is 2.25. The van der Waals surface area contributed by atoms with Crippen molar-refractivity contribution >= 4 is 5.96 Å². The molecular weight excluding hydrogens is 328 g/mol. The first-order valence-electron chi connectivity index (χ1n) is 9.13. The van der Waals surface area contributed by atoms with Crippen molar-refractivity contribution in [2.75, 3.05) is 20.2 Å². The molecule has 0 saturated carbocycles. The summed E-state index contributed by atoms with van der Waals surface area (Å²) >= 11 is 0. The number of benzene rings is 1. The Balaban J connectivity index is 1.75. The largest absolute Gasteiger partial charge is 0.491 e. The summed E-state index contributed by atoms with van der Waals surface area (Å²) in [5.74, 6) is 3.23. The summed E-state index contributed by atoms with van der Waals surface area (Å²) in [4.78, 5) is 4.21. The molecule has 0 spiro atoms. The molecule has 2 aromatic rings. The van der Waals surface area contributed by atoms with E-state index in [1.165, 1.54) is 5.56 Å². The summed E-state index contributed by atoms with van der Waals surface area (Å²) in [5.41, 5.74) is 2.18. The Hall–Kier alpha value is -2.50. The summed E-state index contributed by atoms with van der Waals surface area (Å²) in [6.45, 7) is 10.3. The summed E-state index contributed by atoms with van der Waals surface area (Å²) in [7, 11) is 1.74. The van der Waals surface area contributed by atoms with Crippen LogP contribution in [0.4, 0.5) is 0 Å². The van der Waals surface area contributed by atoms with E-state index in [1.807, 2.05) is 24.3 Å². The topological polar surface area (TPSA) is 71.7 Å². The predicted molar refractivity (Wildman–Crippen MR) is 105 cm³/mol. The molecule has 1 aromatic carbocycles. The molecule has 2 N–H and O–H groups in total. The van der Waals surface area contributed by atoms with E-state index in [0.29, 0.717) is 37.5 Å². The number of rotatable bonds is 8. The van der Waals surface area contributed by atoms with Crippen LogP contribution in [0.5, 0.6) is 5.75 Å². The molecule has 142 valence electrons. The van der Waals surface area contributed by atoms with Gasteiger partial charge in [-0.15, -0.1) is 0 Å². The third-order valence-corrected chi connectivity index (χ3v) is 4.02. The van der Waals surface area contributed by atoms with Crippen LogP contribution in [0.25, 0.3) is 0 Å². The molecule has 0 aliphatic rings. The predicted octanol–water partition coefficient (Wildman–Crippen LogP) is 3.67. The van der Waals surface area contributed by atoms with Gasteiger partial charge < -0.3 is 19.9 Å². The van der Waals surface area contributed by atoms with Crippen molar-refractivity contribution < 1.29 is 9.26 Å². The number of aliphatic imine (C=N–C) groups is 1. The molecule has 1 heterocycles. The molecule has 0 bridgehead atoms. The average molecular weight is 358 g/mol. The van der Waals surface area contributed by atoms with Crippen LogP contribution in [0.1, 0.15) is 56.5 Å². The molecule has 0 fully saturated rings. The second-order valence-corrected chi connectivity index (χ2v) is 6.77. The van der Waals surface area contributed by atoms with E-state index in [9.17, 15) is 0 Å². The van der Waals surface area contributed by atoms with Crippen LogP contribution >= 0.6 is 0 Å². The zero-order chi connectivity index (χ0) is 18.9. The second kappa shape index (κ2) is 9.85. The van der Waals surface area contributed by atoms with Gasteiger partial charge in [0.2, 0.25) is 0 Å². The molecule has 0 saturated heterocycles. The van der Waals surface area contributed by atoms with Gasteiger partial charge in [0.05, 0.1) is 18.8 Å². The van der Waals surface area contributed by atoms with E-state index < -0.39 is 0 Å². The maximum Gasteiger partial charge on any atom is 0.191 e. The molecule has 0 atom stereocenters. The van der Waals surface area contributed by atoms with Crippen LogP contribution < -0.4 is 15.4 Å². The molecule has 0 amide bonds. The molecule has 1 aromatic heterocycles. The van der Waals surface area contributed by atoms with E-state index in [1.54, 1.807) is 7.05 Å². The molecule has 2 rings (SSSR count). The zero-order valence-electron chi connectivity index (χ0n) is 16.4. The SMILES string of the molecule is CN=C(NCCOc1ccccc1C(C)C)NCc1cc(C(C)C)no1. The number of guanidine groups is 1. The Morgan fingerprint density at radius 2 is 1.92 bits per heavy atom. The highest BCUT2D eigenvalue weighted by Gasteiger charge is 2.09. The molecule has 6 heteroatoms. The van der Waals surface area contributed by atoms with Crippen LogP contribution in [-0.2, 0) is 6.54 Å². The highest BCUT2D eigenvalue weighted by atomic mass is 16.5. The van der Waals surface area contributed by atoms with Gasteiger partial charge in [0.15, 0.2) is 11.7 Å². The van der Waals surface area contributed by atoms with Gasteiger partial charge in [0.1, 0.15) is 12.4 Å². The fourth-order valence-corrected chi connectivity index (χ4v) is 2.50. The van der Waals surface area contributed by atoms with E-state index >= 15 is 0 Å². The smallest absolute Gasteiger partial charge is 0.191 e. The van der Waals surface area contributed by atoms with Crippen LogP contribution in [-0.4, -0.2) is 31.3 Å². The Bertz CT molecular complexity index is 707. The summed E-state index contributed by atoms with van der Waals surface area (Å²) < 4.78 is 11.2. The number of para-hydroxylation sites is 1. The Morgan fingerprint density at radius 3 is 2.58 bits per heavy atom. The monoisotopic (exact) mass is 358 g/mol. The normalized spacial score (nSPS) is 11.9. The number of aromatic nitrogens is 1. The van der Waals surface area contributed by atoms with Crippen molar-refractivity contribution in [2.24, 2.45) is 4.99 Å². The molecule has 0 unspecified atom stereocenters. The fourth-order valence-electron chi connectivity index (χ4n) is 2.50. The van der Waals surface area contributed by atoms with Crippen molar-refractivity contribution in [1.82, 2.24) is 15.8 Å². The van der Waals surface area contributed by atoms with Gasteiger partial charge in [0, 0.05) is 13.1 Å². The average Bonchev–Trinajstić information content (AvgIpc) is 3.10. The molecule has 0 aliphatic carbocycles. The van der Waals surface area contributed by atoms with Crippen molar-refractivity contribution in [3.63, 3.8) is 0 Å². The van der Waals surface area contributed by atoms with Crippen LogP contribution in [0.15, 0.2) is 39.8 Å². The van der Waals surface area contributed by atoms with Crippen molar-refractivity contribution in [1.29, 1.82) is 0 Å². The lowest BCUT2D eigenvalue weighted by atomic mass is 10.0. The quantitative estimate of drug-likeness (QED) is 0.428. The van der Waals surface area contributed by atoms with Crippen molar-refractivity contribution in [3.05, 3.63) is 47.3 Å². The zero-order valence-corrected chi connectivity index (χ0v) is 16.4. The Labute approximate surface area is 156 Å². The first kappa shape index (κ1) is 19.8. The fraction of sp³-hybridized carbons (Fsp3) is 0.500. The Kier molecular flexibility index (Phi) is 7.51. The first-order chi connectivity index (χ1) is 12.5. The molecule has 0 aliphatic heterocycles. The summed E-state index contributed by atoms with van der Waals surface area (Å²) in [6.07, 6.45) is 0. The van der Waals surface area contributed by atoms with E-state index in [2.05, 4.69) is 54.5 Å². The lowest BCUT2D eigenvalue weighted by Crippen LogP contribution is -2.38. The van der Waals surface area contributed by atoms with E-state index in [0.717, 1.165) is 17.2 Å². The van der Waals surface area contributed by atoms with Gasteiger partial charge in [0.25, 0.3) is 0 Å². The van der Waals surface area contributed by atoms with Gasteiger partial charge >= 0.3 is 0 Å². The lowest BCUT2D eigenvalue weighted by molar-refractivity contribution is 0.317. The minimum atomic E-state index is 0.357. The summed E-state index contributed by atoms with van der Waals surface area (Å²) in [6, 6.07) is 10.1. The molecule has 0 radical (unpaired) electrons. The lowest BCUT2D eigenvalue weighted by Gasteiger charge is -2.15. The van der Waals surface area contributed by atoms with E-state index in [4.69, 9.17) is 9.26 Å². The minimum Gasteiger partial charge on any atom is -0.491 e. The van der Waals surface area contributed by atoms with Crippen LogP contribution in [0, 0.1) is 0 Å². The number of hydrogen-bond donors (Lipinski definition) is 2. The maximum atomic E-state index is 5.91. The molecular formula is C20H30N4O2. The number of ether oxygens (including phenoxy) is 1. The van der Waals surface area contributed by atoms with Crippen molar-refractivity contribution in [3.8, 4) is 5.75 Å². The second-order valence-electron chi connectivity index (χ2n) is 6.77. The highest BCUT2D eigenvalue weighted by molar-refractivity contribution is 5.79. The summed E-state index contributed by atoms with van der Waals surface area (Å²) in [5, 5.41) is 10.5. The van der Waals surface area contributed by atoms with Crippen LogP contribution in [0.2, 0.25) is 0 Å². The number of hydrogen-bond acceptors (Lipinski definition) is 4. The van der Waals surface area contributed by atoms with Gasteiger partial charge in [-0.2, -0.15) is 0 Å². The van der Waals surface area contributed by atoms with Gasteiger partial charge in [-0.25, -0.2) is 0 Å². The third-order valence-electron chi connectivity index (χ3n) is 4.02. The van der Waals surface area contributed by atoms with Crippen LogP contribution in [0.3, 0.4) is 0 Å². The Morgan fingerprint density at radius 1 is 1.15 bits per heavy atom. The number of nitrogens with one attached hydrogen (secondary N) is 2. The minimum absolute atomic E-state index is 0.357. The van der Waals surface area contributed by atoms with Gasteiger partial charge in [-0.05, 0) is 23.5 Å². The van der Waals surface area contributed by atoms with Crippen molar-refractivity contribution in [2.45, 2.75) is 46.1 Å². The number of nitrogens with zero attached hydrogens (tertiary/aromatic N) is 2. The molecule has 6 nitrogen and oxygen atoms in total. The van der Waals surface area contributed by atoms with E-state index in [-0.39, 0.29) is 0 Å². The standard InChI is InChI=1S/C20H30N4O2/c1-14(2)17-8-6-7-9-19(17)25-11-10-22-20(21-5)23-13-16-12-18(15(3)4)24-26-16/h6-9,12,14-15H,10-11,13H2,1-5H3,(H2,21,22,23). The van der Waals surface area contributed by atoms with Gasteiger partial charge in [-0.3, -0.25) is 4.99 Å². The van der Waals surface area contributed by atoms with Gasteiger partial charge in [-0.1, -0.05) is 51.1 Å².